The molecule has 72 valence electrons. The van der Waals surface area contributed by atoms with Gasteiger partial charge in [-0.2, -0.15) is 0 Å². The maximum Gasteiger partial charge on any atom is 0.112 e. The van der Waals surface area contributed by atoms with E-state index in [1.807, 2.05) is 6.92 Å². The molecule has 0 saturated carbocycles. The maximum atomic E-state index is 13.0. The van der Waals surface area contributed by atoms with Crippen LogP contribution in [0.25, 0.3) is 0 Å². The first-order valence-electron chi connectivity index (χ1n) is 4.90. The highest BCUT2D eigenvalue weighted by atomic mass is 19.1. The van der Waals surface area contributed by atoms with Gasteiger partial charge in [0, 0.05) is 13.1 Å². The Morgan fingerprint density at radius 1 is 1.50 bits per heavy atom. The molecule has 0 aromatic carbocycles. The monoisotopic (exact) mass is 173 g/mol. The molecule has 0 radical (unpaired) electrons. The van der Waals surface area contributed by atoms with Crippen molar-refractivity contribution in [2.75, 3.05) is 19.6 Å². The lowest BCUT2D eigenvalue weighted by Crippen LogP contribution is -2.29. The normalized spacial score (nSPS) is 26.0. The van der Waals surface area contributed by atoms with E-state index in [0.29, 0.717) is 18.4 Å². The fourth-order valence-electron chi connectivity index (χ4n) is 1.79. The van der Waals surface area contributed by atoms with Crippen LogP contribution in [0, 0.1) is 5.41 Å². The zero-order valence-corrected chi connectivity index (χ0v) is 8.44. The van der Waals surface area contributed by atoms with Crippen molar-refractivity contribution in [3.63, 3.8) is 0 Å². The first-order valence-corrected chi connectivity index (χ1v) is 4.90. The average Bonchev–Trinajstić information content (AvgIpc) is 2.30. The highest BCUT2D eigenvalue weighted by Gasteiger charge is 2.29. The van der Waals surface area contributed by atoms with Crippen molar-refractivity contribution < 1.29 is 4.39 Å². The summed E-state index contributed by atoms with van der Waals surface area (Å²) in [5.41, 5.74) is 0.410. The van der Waals surface area contributed by atoms with Crippen molar-refractivity contribution in [3.05, 3.63) is 0 Å². The molecule has 0 amide bonds. The molecule has 0 aromatic rings. The van der Waals surface area contributed by atoms with Gasteiger partial charge < -0.3 is 0 Å². The molecule has 1 aliphatic rings. The van der Waals surface area contributed by atoms with Gasteiger partial charge in [0.05, 0.1) is 0 Å². The third-order valence-electron chi connectivity index (χ3n) is 2.66. The molecule has 2 heteroatoms. The third kappa shape index (κ3) is 2.74. The molecule has 0 spiro atoms. The summed E-state index contributed by atoms with van der Waals surface area (Å²) in [6, 6.07) is 0. The summed E-state index contributed by atoms with van der Waals surface area (Å²) in [5.74, 6) is 0. The summed E-state index contributed by atoms with van der Waals surface area (Å²) >= 11 is 0. The Hall–Kier alpha value is -0.110. The predicted molar refractivity (Wildman–Crippen MR) is 50.0 cm³/mol. The molecule has 1 fully saturated rings. The number of hydrogen-bond acceptors (Lipinski definition) is 1. The fourth-order valence-corrected chi connectivity index (χ4v) is 1.79. The zero-order chi connectivity index (χ0) is 9.19. The van der Waals surface area contributed by atoms with Crippen molar-refractivity contribution in [2.45, 2.75) is 39.8 Å². The van der Waals surface area contributed by atoms with Crippen molar-refractivity contribution in [1.82, 2.24) is 4.90 Å². The lowest BCUT2D eigenvalue weighted by molar-refractivity contribution is 0.201. The minimum absolute atomic E-state index is 0.410. The zero-order valence-electron chi connectivity index (χ0n) is 8.44. The first kappa shape index (κ1) is 9.97. The Morgan fingerprint density at radius 3 is 2.58 bits per heavy atom. The van der Waals surface area contributed by atoms with Gasteiger partial charge in [0.1, 0.15) is 6.17 Å². The standard InChI is InChI=1S/C10H20FN/c1-4-9(11)7-12-6-5-10(2,3)8-12/h9H,4-8H2,1-3H3. The van der Waals surface area contributed by atoms with Gasteiger partial charge in [-0.3, -0.25) is 4.90 Å². The average molecular weight is 173 g/mol. The van der Waals surface area contributed by atoms with E-state index in [4.69, 9.17) is 0 Å². The van der Waals surface area contributed by atoms with Gasteiger partial charge in [0.15, 0.2) is 0 Å². The van der Waals surface area contributed by atoms with E-state index in [0.717, 1.165) is 13.1 Å². The molecule has 1 unspecified atom stereocenters. The van der Waals surface area contributed by atoms with E-state index >= 15 is 0 Å². The number of alkyl halides is 1. The summed E-state index contributed by atoms with van der Waals surface area (Å²) in [4.78, 5) is 2.24. The molecule has 0 bridgehead atoms. The van der Waals surface area contributed by atoms with Crippen LogP contribution in [-0.4, -0.2) is 30.7 Å². The summed E-state index contributed by atoms with van der Waals surface area (Å²) in [6.45, 7) is 9.20. The van der Waals surface area contributed by atoms with Gasteiger partial charge >= 0.3 is 0 Å². The molecular formula is C10H20FN. The molecule has 1 atom stereocenters. The molecule has 0 N–H and O–H groups in total. The Labute approximate surface area is 74.9 Å². The highest BCUT2D eigenvalue weighted by Crippen LogP contribution is 2.28. The Morgan fingerprint density at radius 2 is 2.17 bits per heavy atom. The second-order valence-electron chi connectivity index (χ2n) is 4.65. The van der Waals surface area contributed by atoms with E-state index in [9.17, 15) is 4.39 Å². The van der Waals surface area contributed by atoms with Crippen LogP contribution < -0.4 is 0 Å². The Bertz CT molecular complexity index is 145. The molecule has 0 aromatic heterocycles. The summed E-state index contributed by atoms with van der Waals surface area (Å²) in [7, 11) is 0. The first-order chi connectivity index (χ1) is 5.53. The van der Waals surface area contributed by atoms with E-state index < -0.39 is 6.17 Å². The van der Waals surface area contributed by atoms with Gasteiger partial charge in [0.2, 0.25) is 0 Å². The van der Waals surface area contributed by atoms with Crippen LogP contribution in [0.1, 0.15) is 33.6 Å². The van der Waals surface area contributed by atoms with Gasteiger partial charge in [0.25, 0.3) is 0 Å². The van der Waals surface area contributed by atoms with Gasteiger partial charge in [-0.25, -0.2) is 4.39 Å². The molecular weight excluding hydrogens is 153 g/mol. The van der Waals surface area contributed by atoms with Crippen LogP contribution in [0.5, 0.6) is 0 Å². The molecule has 1 rings (SSSR count). The summed E-state index contributed by atoms with van der Waals surface area (Å²) < 4.78 is 13.0. The summed E-state index contributed by atoms with van der Waals surface area (Å²) in [5, 5.41) is 0. The van der Waals surface area contributed by atoms with Crippen LogP contribution in [0.15, 0.2) is 0 Å². The second kappa shape index (κ2) is 3.73. The molecule has 1 heterocycles. The summed E-state index contributed by atoms with van der Waals surface area (Å²) in [6.07, 6.45) is 1.24. The number of halogens is 1. The molecule has 1 saturated heterocycles. The van der Waals surface area contributed by atoms with Crippen molar-refractivity contribution in [3.8, 4) is 0 Å². The van der Waals surface area contributed by atoms with Crippen LogP contribution in [-0.2, 0) is 0 Å². The second-order valence-corrected chi connectivity index (χ2v) is 4.65. The van der Waals surface area contributed by atoms with E-state index in [2.05, 4.69) is 18.7 Å². The van der Waals surface area contributed by atoms with Crippen molar-refractivity contribution >= 4 is 0 Å². The van der Waals surface area contributed by atoms with Crippen LogP contribution >= 0.6 is 0 Å². The number of likely N-dealkylation sites (tertiary alicyclic amines) is 1. The number of hydrogen-bond donors (Lipinski definition) is 0. The largest absolute Gasteiger partial charge is 0.300 e. The number of rotatable bonds is 3. The highest BCUT2D eigenvalue weighted by molar-refractivity contribution is 4.83. The molecule has 12 heavy (non-hydrogen) atoms. The lowest BCUT2D eigenvalue weighted by atomic mass is 9.93. The van der Waals surface area contributed by atoms with Gasteiger partial charge in [-0.05, 0) is 24.8 Å². The van der Waals surface area contributed by atoms with E-state index in [-0.39, 0.29) is 0 Å². The SMILES string of the molecule is CCC(F)CN1CCC(C)(C)C1. The number of nitrogens with zero attached hydrogens (tertiary/aromatic N) is 1. The minimum atomic E-state index is -0.626. The van der Waals surface area contributed by atoms with E-state index in [1.54, 1.807) is 0 Å². The Balaban J connectivity index is 2.28. The van der Waals surface area contributed by atoms with Crippen LogP contribution in [0.2, 0.25) is 0 Å². The smallest absolute Gasteiger partial charge is 0.112 e. The fraction of sp³-hybridized carbons (Fsp3) is 1.00. The minimum Gasteiger partial charge on any atom is -0.300 e. The van der Waals surface area contributed by atoms with Crippen molar-refractivity contribution in [1.29, 1.82) is 0 Å². The lowest BCUT2D eigenvalue weighted by Gasteiger charge is -2.20. The van der Waals surface area contributed by atoms with Crippen LogP contribution in [0.3, 0.4) is 0 Å². The van der Waals surface area contributed by atoms with Crippen LogP contribution in [0.4, 0.5) is 4.39 Å². The van der Waals surface area contributed by atoms with Gasteiger partial charge in [-0.1, -0.05) is 20.8 Å². The van der Waals surface area contributed by atoms with Gasteiger partial charge in [-0.15, -0.1) is 0 Å². The molecule has 1 aliphatic heterocycles. The predicted octanol–water partition coefficient (Wildman–Crippen LogP) is 2.47. The Kier molecular flexibility index (Phi) is 3.10. The van der Waals surface area contributed by atoms with Crippen molar-refractivity contribution in [2.24, 2.45) is 5.41 Å². The molecule has 1 nitrogen and oxygen atoms in total. The third-order valence-corrected chi connectivity index (χ3v) is 2.66. The maximum absolute atomic E-state index is 13.0. The van der Waals surface area contributed by atoms with E-state index in [1.165, 1.54) is 6.42 Å². The quantitative estimate of drug-likeness (QED) is 0.633. The topological polar surface area (TPSA) is 3.24 Å². The molecule has 0 aliphatic carbocycles.